The smallest absolute Gasteiger partial charge is 0.340 e. The third-order valence-electron chi connectivity index (χ3n) is 4.20. The Kier molecular flexibility index (Phi) is 5.41. The van der Waals surface area contributed by atoms with Gasteiger partial charge in [0.2, 0.25) is 0 Å². The van der Waals surface area contributed by atoms with E-state index in [1.54, 1.807) is 18.4 Å². The number of pyridine rings is 1. The van der Waals surface area contributed by atoms with Crippen molar-refractivity contribution in [1.82, 2.24) is 4.98 Å². The van der Waals surface area contributed by atoms with E-state index >= 15 is 0 Å². The van der Waals surface area contributed by atoms with Crippen molar-refractivity contribution in [1.29, 1.82) is 0 Å². The fourth-order valence-corrected chi connectivity index (χ4v) is 3.49. The van der Waals surface area contributed by atoms with Crippen LogP contribution in [-0.2, 0) is 9.53 Å². The van der Waals surface area contributed by atoms with E-state index in [1.165, 1.54) is 13.0 Å². The Morgan fingerprint density at radius 2 is 1.89 bits per heavy atom. The first-order valence-corrected chi connectivity index (χ1v) is 9.41. The van der Waals surface area contributed by atoms with E-state index in [2.05, 4.69) is 10.3 Å². The highest BCUT2D eigenvalue weighted by molar-refractivity contribution is 7.14. The van der Waals surface area contributed by atoms with E-state index < -0.39 is 23.9 Å². The Morgan fingerprint density at radius 3 is 2.61 bits per heavy atom. The van der Waals surface area contributed by atoms with Gasteiger partial charge >= 0.3 is 5.97 Å². The van der Waals surface area contributed by atoms with Gasteiger partial charge in [-0.25, -0.2) is 4.79 Å². The minimum absolute atomic E-state index is 0.210. The van der Waals surface area contributed by atoms with Gasteiger partial charge in [-0.1, -0.05) is 11.6 Å². The van der Waals surface area contributed by atoms with E-state index in [1.807, 2.05) is 25.1 Å². The molecule has 3 N–H and O–H groups in total. The summed E-state index contributed by atoms with van der Waals surface area (Å²) in [6.07, 6.45) is -1.07. The number of esters is 1. The van der Waals surface area contributed by atoms with Gasteiger partial charge in [0, 0.05) is 5.39 Å². The van der Waals surface area contributed by atoms with Crippen LogP contribution in [0.1, 0.15) is 38.9 Å². The number of carbonyl (C=O) groups is 3. The van der Waals surface area contributed by atoms with Gasteiger partial charge in [0.1, 0.15) is 5.00 Å². The van der Waals surface area contributed by atoms with Crippen LogP contribution in [0, 0.1) is 13.8 Å². The molecule has 0 aliphatic rings. The molecule has 0 spiro atoms. The molecule has 28 heavy (non-hydrogen) atoms. The fourth-order valence-electron chi connectivity index (χ4n) is 2.69. The van der Waals surface area contributed by atoms with Crippen LogP contribution in [0.25, 0.3) is 10.9 Å². The van der Waals surface area contributed by atoms with Crippen molar-refractivity contribution >= 4 is 45.0 Å². The Labute approximate surface area is 165 Å². The molecule has 0 bridgehead atoms. The van der Waals surface area contributed by atoms with Gasteiger partial charge in [-0.05, 0) is 50.4 Å². The van der Waals surface area contributed by atoms with Crippen molar-refractivity contribution in [2.45, 2.75) is 26.9 Å². The summed E-state index contributed by atoms with van der Waals surface area (Å²) in [4.78, 5) is 40.7. The van der Waals surface area contributed by atoms with Crippen molar-refractivity contribution in [2.75, 3.05) is 5.32 Å². The molecule has 0 saturated carbocycles. The highest BCUT2D eigenvalue weighted by Gasteiger charge is 2.23. The molecule has 1 unspecified atom stereocenters. The molecular weight excluding hydrogens is 378 g/mol. The number of primary amides is 1. The Hall–Kier alpha value is -3.26. The van der Waals surface area contributed by atoms with Gasteiger partial charge in [0.25, 0.3) is 11.8 Å². The highest BCUT2D eigenvalue weighted by Crippen LogP contribution is 2.23. The van der Waals surface area contributed by atoms with Crippen molar-refractivity contribution in [3.05, 3.63) is 58.1 Å². The highest BCUT2D eigenvalue weighted by atomic mass is 32.1. The Bertz CT molecular complexity index is 1090. The van der Waals surface area contributed by atoms with Crippen LogP contribution < -0.4 is 11.1 Å². The zero-order chi connectivity index (χ0) is 20.4. The first kappa shape index (κ1) is 19.5. The lowest BCUT2D eigenvalue weighted by Crippen LogP contribution is -2.30. The maximum absolute atomic E-state index is 12.6. The van der Waals surface area contributed by atoms with Gasteiger partial charge in [-0.2, -0.15) is 0 Å². The monoisotopic (exact) mass is 397 g/mol. The summed E-state index contributed by atoms with van der Waals surface area (Å²) in [5.74, 6) is -1.84. The van der Waals surface area contributed by atoms with Crippen LogP contribution in [0.2, 0.25) is 0 Å². The lowest BCUT2D eigenvalue weighted by atomic mass is 10.1. The summed E-state index contributed by atoms with van der Waals surface area (Å²) in [5.41, 5.74) is 8.12. The molecule has 1 atom stereocenters. The average Bonchev–Trinajstić information content (AvgIpc) is 3.09. The number of ether oxygens (including phenoxy) is 1. The van der Waals surface area contributed by atoms with Crippen molar-refractivity contribution in [3.63, 3.8) is 0 Å². The summed E-state index contributed by atoms with van der Waals surface area (Å²) in [5, 5.41) is 5.34. The van der Waals surface area contributed by atoms with Gasteiger partial charge in [0.05, 0.1) is 22.3 Å². The minimum atomic E-state index is -1.07. The molecule has 0 fully saturated rings. The second-order valence-corrected chi connectivity index (χ2v) is 7.30. The zero-order valence-corrected chi connectivity index (χ0v) is 16.4. The molecule has 1 aromatic carbocycles. The lowest BCUT2D eigenvalue weighted by Gasteiger charge is -2.14. The predicted molar refractivity (Wildman–Crippen MR) is 108 cm³/mol. The van der Waals surface area contributed by atoms with Crippen molar-refractivity contribution < 1.29 is 19.1 Å². The Morgan fingerprint density at radius 1 is 1.14 bits per heavy atom. The van der Waals surface area contributed by atoms with Crippen molar-refractivity contribution in [2.24, 2.45) is 5.73 Å². The summed E-state index contributed by atoms with van der Waals surface area (Å²) in [6, 6.07) is 8.99. The predicted octanol–water partition coefficient (Wildman–Crippen LogP) is 3.20. The van der Waals surface area contributed by atoms with Gasteiger partial charge < -0.3 is 15.8 Å². The number of thiophene rings is 1. The normalized spacial score (nSPS) is 11.8. The molecule has 144 valence electrons. The summed E-state index contributed by atoms with van der Waals surface area (Å²) in [6.45, 7) is 5.12. The topological polar surface area (TPSA) is 111 Å². The molecule has 2 amide bonds. The molecule has 2 heterocycles. The number of hydrogen-bond acceptors (Lipinski definition) is 6. The number of aromatic nitrogens is 1. The summed E-state index contributed by atoms with van der Waals surface area (Å²) < 4.78 is 5.30. The molecule has 7 nitrogen and oxygen atoms in total. The largest absolute Gasteiger partial charge is 0.449 e. The second-order valence-electron chi connectivity index (χ2n) is 6.38. The number of nitrogens with one attached hydrogen (secondary N) is 1. The molecule has 0 aliphatic carbocycles. The van der Waals surface area contributed by atoms with Crippen LogP contribution in [0.15, 0.2) is 35.7 Å². The van der Waals surface area contributed by atoms with Gasteiger partial charge in [-0.15, -0.1) is 11.3 Å². The van der Waals surface area contributed by atoms with Crippen LogP contribution >= 0.6 is 11.3 Å². The first-order chi connectivity index (χ1) is 13.3. The van der Waals surface area contributed by atoms with Crippen molar-refractivity contribution in [3.8, 4) is 0 Å². The third kappa shape index (κ3) is 4.01. The third-order valence-corrected chi connectivity index (χ3v) is 5.03. The van der Waals surface area contributed by atoms with Gasteiger partial charge in [-0.3, -0.25) is 14.6 Å². The SMILES string of the molecule is Cc1ccc2nc(C)c(C(=O)OC(C)C(=O)Nc3sccc3C(N)=O)cc2c1. The number of fused-ring (bicyclic) bond motifs is 1. The van der Waals surface area contributed by atoms with Crippen LogP contribution in [0.3, 0.4) is 0 Å². The summed E-state index contributed by atoms with van der Waals surface area (Å²) >= 11 is 1.16. The second kappa shape index (κ2) is 7.77. The van der Waals surface area contributed by atoms with E-state index in [0.29, 0.717) is 16.3 Å². The number of hydrogen-bond donors (Lipinski definition) is 2. The minimum Gasteiger partial charge on any atom is -0.449 e. The zero-order valence-electron chi connectivity index (χ0n) is 15.6. The Balaban J connectivity index is 1.75. The number of nitrogens with two attached hydrogens (primary N) is 1. The first-order valence-electron chi connectivity index (χ1n) is 8.53. The standard InChI is InChI=1S/C20H19N3O4S/c1-10-4-5-16-13(8-10)9-15(11(2)22-16)20(26)27-12(3)18(25)23-19-14(17(21)24)6-7-28-19/h4-9,12H,1-3H3,(H2,21,24)(H,23,25). The molecule has 8 heteroatoms. The molecule has 3 aromatic rings. The van der Waals surface area contributed by atoms with E-state index in [0.717, 1.165) is 27.8 Å². The molecule has 0 aliphatic heterocycles. The van der Waals surface area contributed by atoms with E-state index in [9.17, 15) is 14.4 Å². The van der Waals surface area contributed by atoms with Crippen LogP contribution in [0.4, 0.5) is 5.00 Å². The van der Waals surface area contributed by atoms with E-state index in [-0.39, 0.29) is 5.56 Å². The van der Waals surface area contributed by atoms with Crippen LogP contribution in [-0.4, -0.2) is 28.9 Å². The molecular formula is C20H19N3O4S. The number of amides is 2. The fraction of sp³-hybridized carbons (Fsp3) is 0.200. The number of benzene rings is 1. The quantitative estimate of drug-likeness (QED) is 0.642. The number of carbonyl (C=O) groups excluding carboxylic acids is 3. The van der Waals surface area contributed by atoms with Crippen LogP contribution in [0.5, 0.6) is 0 Å². The average molecular weight is 397 g/mol. The van der Waals surface area contributed by atoms with E-state index in [4.69, 9.17) is 10.5 Å². The lowest BCUT2D eigenvalue weighted by molar-refractivity contribution is -0.123. The molecule has 0 radical (unpaired) electrons. The number of nitrogens with zero attached hydrogens (tertiary/aromatic N) is 1. The number of anilines is 1. The molecule has 0 saturated heterocycles. The summed E-state index contributed by atoms with van der Waals surface area (Å²) in [7, 11) is 0. The molecule has 3 rings (SSSR count). The van der Waals surface area contributed by atoms with Gasteiger partial charge in [0.15, 0.2) is 6.10 Å². The maximum Gasteiger partial charge on any atom is 0.340 e. The maximum atomic E-state index is 12.6. The number of rotatable bonds is 5. The molecule has 2 aromatic heterocycles. The number of aryl methyl sites for hydroxylation is 2.